The minimum absolute atomic E-state index is 0.254. The first kappa shape index (κ1) is 24.7. The van der Waals surface area contributed by atoms with Crippen LogP contribution in [0.15, 0.2) is 65.2 Å². The van der Waals surface area contributed by atoms with Gasteiger partial charge < -0.3 is 14.7 Å². The Morgan fingerprint density at radius 3 is 2.33 bits per heavy atom. The van der Waals surface area contributed by atoms with Crippen molar-refractivity contribution in [2.24, 2.45) is 4.58 Å². The minimum atomic E-state index is -0.838. The number of hydrogen-bond donors (Lipinski definition) is 1. The van der Waals surface area contributed by atoms with Gasteiger partial charge in [0.25, 0.3) is 0 Å². The van der Waals surface area contributed by atoms with Crippen LogP contribution < -0.4 is 4.74 Å². The predicted octanol–water partition coefficient (Wildman–Crippen LogP) is 5.88. The van der Waals surface area contributed by atoms with E-state index in [1.165, 1.54) is 0 Å². The first-order valence-electron chi connectivity index (χ1n) is 10.8. The van der Waals surface area contributed by atoms with Gasteiger partial charge in [-0.15, -0.1) is 4.91 Å². The Kier molecular flexibility index (Phi) is 8.10. The highest BCUT2D eigenvalue weighted by molar-refractivity contribution is 7.99. The summed E-state index contributed by atoms with van der Waals surface area (Å²) >= 11 is 1.05. The molecule has 0 unspecified atom stereocenters. The molecule has 0 aliphatic carbocycles. The first-order valence-corrected chi connectivity index (χ1v) is 11.6. The molecule has 6 nitrogen and oxygen atoms in total. The fourth-order valence-corrected chi connectivity index (χ4v) is 4.58. The molecule has 0 radical (unpaired) electrons. The highest BCUT2D eigenvalue weighted by Crippen LogP contribution is 2.28. The van der Waals surface area contributed by atoms with E-state index in [1.54, 1.807) is 7.11 Å². The third kappa shape index (κ3) is 6.79. The summed E-state index contributed by atoms with van der Waals surface area (Å²) in [6, 6.07) is 19.6. The van der Waals surface area contributed by atoms with E-state index in [4.69, 9.17) is 4.74 Å². The van der Waals surface area contributed by atoms with Gasteiger partial charge in [-0.2, -0.15) is 0 Å². The summed E-state index contributed by atoms with van der Waals surface area (Å²) in [6.45, 7) is 5.45. The maximum atomic E-state index is 12.1. The smallest absolute Gasteiger partial charge is 0.311 e. The van der Waals surface area contributed by atoms with Crippen molar-refractivity contribution in [3.05, 3.63) is 82.3 Å². The van der Waals surface area contributed by atoms with Crippen molar-refractivity contribution in [1.29, 1.82) is 0 Å². The van der Waals surface area contributed by atoms with Gasteiger partial charge in [0, 0.05) is 34.4 Å². The number of benzene rings is 3. The number of aliphatic carboxylic acids is 1. The quantitative estimate of drug-likeness (QED) is 0.281. The molecule has 3 aromatic rings. The van der Waals surface area contributed by atoms with Crippen LogP contribution in [0.2, 0.25) is 0 Å². The molecule has 0 amide bonds. The molecule has 3 aromatic carbocycles. The van der Waals surface area contributed by atoms with Gasteiger partial charge in [-0.05, 0) is 66.9 Å². The fraction of sp³-hybridized carbons (Fsp3) is 0.346. The van der Waals surface area contributed by atoms with Crippen molar-refractivity contribution in [3.63, 3.8) is 0 Å². The second-order valence-electron chi connectivity index (χ2n) is 8.98. The van der Waals surface area contributed by atoms with Crippen LogP contribution in [-0.4, -0.2) is 41.4 Å². The Hall–Kier alpha value is -2.90. The highest BCUT2D eigenvalue weighted by Gasteiger charge is 2.23. The molecule has 0 bridgehead atoms. The molecule has 0 saturated carbocycles. The number of nitrogens with zero attached hydrogens (tertiary/aromatic N) is 2. The Bertz CT molecular complexity index is 1110. The Balaban J connectivity index is 1.71. The minimum Gasteiger partial charge on any atom is -0.497 e. The third-order valence-corrected chi connectivity index (χ3v) is 6.32. The van der Waals surface area contributed by atoms with Gasteiger partial charge in [0.1, 0.15) is 5.75 Å². The molecule has 174 valence electrons. The largest absolute Gasteiger partial charge is 0.497 e. The van der Waals surface area contributed by atoms with Crippen molar-refractivity contribution in [2.45, 2.75) is 37.5 Å². The van der Waals surface area contributed by atoms with Crippen molar-refractivity contribution < 1.29 is 14.6 Å². The van der Waals surface area contributed by atoms with Crippen molar-refractivity contribution in [1.82, 2.24) is 4.90 Å². The average Bonchev–Trinajstić information content (AvgIpc) is 2.77. The summed E-state index contributed by atoms with van der Waals surface area (Å²) in [5.41, 5.74) is 2.89. The molecule has 0 aromatic heterocycles. The summed E-state index contributed by atoms with van der Waals surface area (Å²) in [5, 5.41) is 11.9. The van der Waals surface area contributed by atoms with Crippen LogP contribution in [-0.2, 0) is 17.8 Å². The van der Waals surface area contributed by atoms with Gasteiger partial charge in [-0.25, -0.2) is 0 Å². The molecule has 3 rings (SSSR count). The van der Waals surface area contributed by atoms with Crippen LogP contribution in [0.3, 0.4) is 0 Å². The lowest BCUT2D eigenvalue weighted by molar-refractivity contribution is -0.138. The first-order chi connectivity index (χ1) is 15.7. The lowest BCUT2D eigenvalue weighted by atomic mass is 9.90. The van der Waals surface area contributed by atoms with Crippen LogP contribution in [0.25, 0.3) is 10.8 Å². The highest BCUT2D eigenvalue weighted by atomic mass is 32.2. The fourth-order valence-electron chi connectivity index (χ4n) is 4.10. The maximum absolute atomic E-state index is 12.1. The van der Waals surface area contributed by atoms with Crippen LogP contribution in [0.5, 0.6) is 5.75 Å². The summed E-state index contributed by atoms with van der Waals surface area (Å²) in [6.07, 6.45) is 0.418. The summed E-state index contributed by atoms with van der Waals surface area (Å²) in [4.78, 5) is 24.8. The SMILES string of the molecule is COc1ccc2cc([C@H](Cc3ccc(CN(C)CC(C)(C)SN=O)cc3)C(=O)O)ccc2c1. The van der Waals surface area contributed by atoms with Crippen molar-refractivity contribution >= 4 is 28.7 Å². The zero-order valence-electron chi connectivity index (χ0n) is 19.4. The second kappa shape index (κ2) is 10.8. The number of nitroso groups, excluding NO2 is 1. The summed E-state index contributed by atoms with van der Waals surface area (Å²) < 4.78 is 7.97. The molecule has 1 atom stereocenters. The van der Waals surface area contributed by atoms with Crippen molar-refractivity contribution in [3.8, 4) is 5.75 Å². The van der Waals surface area contributed by atoms with E-state index in [1.807, 2.05) is 81.6 Å². The van der Waals surface area contributed by atoms with Crippen LogP contribution >= 0.6 is 11.9 Å². The molecule has 1 N–H and O–H groups in total. The third-order valence-electron chi connectivity index (χ3n) is 5.62. The number of rotatable bonds is 11. The van der Waals surface area contributed by atoms with E-state index in [9.17, 15) is 14.8 Å². The maximum Gasteiger partial charge on any atom is 0.311 e. The van der Waals surface area contributed by atoms with E-state index in [0.29, 0.717) is 6.42 Å². The molecule has 0 aliphatic heterocycles. The zero-order valence-corrected chi connectivity index (χ0v) is 20.3. The molecule has 0 saturated heterocycles. The second-order valence-corrected chi connectivity index (χ2v) is 10.4. The lowest BCUT2D eigenvalue weighted by Crippen LogP contribution is -2.33. The van der Waals surface area contributed by atoms with Crippen molar-refractivity contribution in [2.75, 3.05) is 20.7 Å². The number of fused-ring (bicyclic) bond motifs is 1. The zero-order chi connectivity index (χ0) is 24.0. The topological polar surface area (TPSA) is 79.2 Å². The molecule has 0 heterocycles. The Morgan fingerprint density at radius 1 is 1.06 bits per heavy atom. The standard InChI is InChI=1S/C26H30N2O4S/c1-26(2,33-27-31)17-28(3)16-19-7-5-18(6-8-19)13-24(25(29)30)22-10-9-21-15-23(32-4)12-11-20(21)14-22/h5-12,14-15,24H,13,16-17H2,1-4H3,(H,29,30)/t24-/m0/s1. The van der Waals surface area contributed by atoms with E-state index in [-0.39, 0.29) is 4.75 Å². The van der Waals surface area contributed by atoms with E-state index in [2.05, 4.69) is 9.48 Å². The number of carbonyl (C=O) groups is 1. The lowest BCUT2D eigenvalue weighted by Gasteiger charge is -2.26. The van der Waals surface area contributed by atoms with Crippen LogP contribution in [0.1, 0.15) is 36.5 Å². The summed E-state index contributed by atoms with van der Waals surface area (Å²) in [5.74, 6) is -0.688. The number of ether oxygens (including phenoxy) is 1. The normalized spacial score (nSPS) is 12.6. The van der Waals surface area contributed by atoms with Gasteiger partial charge in [-0.3, -0.25) is 4.79 Å². The summed E-state index contributed by atoms with van der Waals surface area (Å²) in [7, 11) is 3.64. The average molecular weight is 467 g/mol. The number of hydrogen-bond acceptors (Lipinski definition) is 6. The Labute approximate surface area is 199 Å². The van der Waals surface area contributed by atoms with E-state index < -0.39 is 11.9 Å². The number of carboxylic acids is 1. The monoisotopic (exact) mass is 466 g/mol. The molecule has 0 spiro atoms. The predicted molar refractivity (Wildman–Crippen MR) is 135 cm³/mol. The van der Waals surface area contributed by atoms with Gasteiger partial charge in [-0.1, -0.05) is 48.5 Å². The molecular weight excluding hydrogens is 436 g/mol. The van der Waals surface area contributed by atoms with Gasteiger partial charge in [0.2, 0.25) is 0 Å². The van der Waals surface area contributed by atoms with Gasteiger partial charge in [0.05, 0.1) is 13.0 Å². The molecule has 0 aliphatic rings. The molecule has 0 fully saturated rings. The number of carboxylic acid groups (broad SMARTS) is 1. The van der Waals surface area contributed by atoms with E-state index >= 15 is 0 Å². The van der Waals surface area contributed by atoms with Gasteiger partial charge in [0.15, 0.2) is 0 Å². The van der Waals surface area contributed by atoms with E-state index in [0.717, 1.165) is 58.2 Å². The van der Waals surface area contributed by atoms with Crippen LogP contribution in [0, 0.1) is 4.91 Å². The Morgan fingerprint density at radius 2 is 1.70 bits per heavy atom. The molecule has 33 heavy (non-hydrogen) atoms. The molecular formula is C26H30N2O4S. The van der Waals surface area contributed by atoms with Gasteiger partial charge >= 0.3 is 5.97 Å². The molecule has 7 heteroatoms. The number of methoxy groups -OCH3 is 1. The van der Waals surface area contributed by atoms with Crippen LogP contribution in [0.4, 0.5) is 0 Å².